The van der Waals surface area contributed by atoms with Crippen LogP contribution in [0, 0.1) is 0 Å². The number of hydrogen-bond donors (Lipinski definition) is 1. The number of carbonyl (C=O) groups excluding carboxylic acids is 1. The van der Waals surface area contributed by atoms with Gasteiger partial charge in [-0.3, -0.25) is 9.69 Å². The van der Waals surface area contributed by atoms with E-state index in [1.165, 1.54) is 16.7 Å². The third kappa shape index (κ3) is 6.91. The molecule has 0 saturated heterocycles. The van der Waals surface area contributed by atoms with E-state index in [-0.39, 0.29) is 18.1 Å². The Morgan fingerprint density at radius 1 is 0.864 bits per heavy atom. The summed E-state index contributed by atoms with van der Waals surface area (Å²) >= 11 is 0. The van der Waals surface area contributed by atoms with Crippen molar-refractivity contribution in [2.75, 3.05) is 48.1 Å². The summed E-state index contributed by atoms with van der Waals surface area (Å²) in [5, 5.41) is 3.25. The fraction of sp³-hybridized carbons (Fsp3) is 0.472. The second-order valence-electron chi connectivity index (χ2n) is 11.8. The molecule has 2 aliphatic rings. The Bertz CT molecular complexity index is 1460. The maximum atomic E-state index is 13.5. The topological polar surface area (TPSA) is 78.5 Å². The second kappa shape index (κ2) is 14.2. The minimum Gasteiger partial charge on any atom is -0.497 e. The van der Waals surface area contributed by atoms with Crippen molar-refractivity contribution in [3.8, 4) is 28.7 Å². The number of fused-ring (bicyclic) bond motifs is 2. The molecular weight excluding hydrogens is 556 g/mol. The Morgan fingerprint density at radius 2 is 1.64 bits per heavy atom. The van der Waals surface area contributed by atoms with Gasteiger partial charge in [-0.2, -0.15) is 0 Å². The summed E-state index contributed by atoms with van der Waals surface area (Å²) in [6.07, 6.45) is 4.52. The summed E-state index contributed by atoms with van der Waals surface area (Å²) < 4.78 is 28.6. The predicted molar refractivity (Wildman–Crippen MR) is 172 cm³/mol. The van der Waals surface area contributed by atoms with Gasteiger partial charge in [0.1, 0.15) is 5.75 Å². The van der Waals surface area contributed by atoms with Gasteiger partial charge in [-0.05, 0) is 103 Å². The second-order valence-corrected chi connectivity index (χ2v) is 11.8. The summed E-state index contributed by atoms with van der Waals surface area (Å²) in [6, 6.07) is 16.5. The van der Waals surface area contributed by atoms with Gasteiger partial charge in [0.15, 0.2) is 23.0 Å². The molecule has 1 heterocycles. The van der Waals surface area contributed by atoms with Crippen LogP contribution in [-0.4, -0.2) is 65.0 Å². The number of ether oxygens (including phenoxy) is 5. The molecule has 3 atom stereocenters. The predicted octanol–water partition coefficient (Wildman–Crippen LogP) is 5.89. The van der Waals surface area contributed by atoms with Crippen LogP contribution in [0.15, 0.2) is 48.5 Å². The molecule has 1 N–H and O–H groups in total. The number of aryl methyl sites for hydroxylation is 1. The molecule has 0 radical (unpaired) electrons. The van der Waals surface area contributed by atoms with Crippen molar-refractivity contribution >= 4 is 5.91 Å². The molecule has 3 aromatic rings. The average molecular weight is 603 g/mol. The molecule has 0 fully saturated rings. The van der Waals surface area contributed by atoms with Crippen LogP contribution in [0.4, 0.5) is 0 Å². The summed E-state index contributed by atoms with van der Waals surface area (Å²) in [5.74, 6) is 4.05. The van der Waals surface area contributed by atoms with Crippen LogP contribution in [0.1, 0.15) is 66.5 Å². The van der Waals surface area contributed by atoms with Crippen LogP contribution in [0.2, 0.25) is 0 Å². The van der Waals surface area contributed by atoms with Crippen molar-refractivity contribution in [2.45, 2.75) is 64.0 Å². The zero-order valence-corrected chi connectivity index (χ0v) is 26.9. The van der Waals surface area contributed by atoms with Crippen LogP contribution in [0.25, 0.3) is 0 Å². The summed E-state index contributed by atoms with van der Waals surface area (Å²) in [5.41, 5.74) is 6.11. The van der Waals surface area contributed by atoms with Crippen LogP contribution < -0.4 is 29.0 Å². The van der Waals surface area contributed by atoms with E-state index in [1.807, 2.05) is 18.2 Å². The zero-order valence-electron chi connectivity index (χ0n) is 26.9. The maximum absolute atomic E-state index is 13.5. The van der Waals surface area contributed by atoms with E-state index in [0.717, 1.165) is 60.6 Å². The van der Waals surface area contributed by atoms with Crippen molar-refractivity contribution in [1.29, 1.82) is 0 Å². The smallest absolute Gasteiger partial charge is 0.234 e. The van der Waals surface area contributed by atoms with E-state index in [1.54, 1.807) is 28.4 Å². The Labute approximate surface area is 261 Å². The lowest BCUT2D eigenvalue weighted by atomic mass is 9.88. The molecule has 8 nitrogen and oxygen atoms in total. The first kappa shape index (κ1) is 31.5. The first-order chi connectivity index (χ1) is 21.4. The first-order valence-corrected chi connectivity index (χ1v) is 15.6. The van der Waals surface area contributed by atoms with Crippen molar-refractivity contribution in [3.63, 3.8) is 0 Å². The summed E-state index contributed by atoms with van der Waals surface area (Å²) in [4.78, 5) is 15.8. The standard InChI is InChI=1S/C36H46N2O6/c1-7-23(2)44-35-20-30-26(18-34(35)43-6)14-15-38(31(30)16-24-8-13-32(41-4)33(17-24)42-5)22-36(39)37-21-27-10-9-25-11-12-28(40-3)19-29(25)27/h8,11-13,17-20,23,27,31H,7,9-10,14-16,21-22H2,1-6H3,(H,37,39). The molecule has 5 rings (SSSR count). The van der Waals surface area contributed by atoms with Gasteiger partial charge in [0, 0.05) is 25.0 Å². The average Bonchev–Trinajstić information content (AvgIpc) is 3.46. The lowest BCUT2D eigenvalue weighted by molar-refractivity contribution is -0.123. The van der Waals surface area contributed by atoms with Gasteiger partial charge in [-0.15, -0.1) is 0 Å². The van der Waals surface area contributed by atoms with Gasteiger partial charge in [-0.25, -0.2) is 0 Å². The number of hydrogen-bond acceptors (Lipinski definition) is 7. The lowest BCUT2D eigenvalue weighted by Gasteiger charge is -2.38. The normalized spacial score (nSPS) is 18.1. The molecule has 8 heteroatoms. The number of nitrogens with zero attached hydrogens (tertiary/aromatic N) is 1. The van der Waals surface area contributed by atoms with E-state index in [2.05, 4.69) is 54.4 Å². The molecule has 0 aromatic heterocycles. The highest BCUT2D eigenvalue weighted by Gasteiger charge is 2.32. The summed E-state index contributed by atoms with van der Waals surface area (Å²) in [7, 11) is 6.67. The van der Waals surface area contributed by atoms with Crippen molar-refractivity contribution < 1.29 is 28.5 Å². The SMILES string of the molecule is CCC(C)Oc1cc2c(cc1OC)CCN(CC(=O)NCC1CCc3ccc(OC)cc31)C2Cc1ccc(OC)c(OC)c1. The fourth-order valence-electron chi connectivity index (χ4n) is 6.45. The third-order valence-corrected chi connectivity index (χ3v) is 9.12. The van der Waals surface area contributed by atoms with E-state index in [0.29, 0.717) is 36.9 Å². The Morgan fingerprint density at radius 3 is 2.36 bits per heavy atom. The van der Waals surface area contributed by atoms with Gasteiger partial charge < -0.3 is 29.0 Å². The molecule has 44 heavy (non-hydrogen) atoms. The number of methoxy groups -OCH3 is 4. The van der Waals surface area contributed by atoms with Crippen LogP contribution in [0.3, 0.4) is 0 Å². The molecule has 0 saturated carbocycles. The highest BCUT2D eigenvalue weighted by molar-refractivity contribution is 5.78. The van der Waals surface area contributed by atoms with Crippen molar-refractivity contribution in [3.05, 3.63) is 76.3 Å². The minimum absolute atomic E-state index is 0.0340. The molecule has 3 unspecified atom stereocenters. The molecule has 0 bridgehead atoms. The lowest BCUT2D eigenvalue weighted by Crippen LogP contribution is -2.44. The quantitative estimate of drug-likeness (QED) is 0.262. The highest BCUT2D eigenvalue weighted by Crippen LogP contribution is 2.41. The Hall–Kier alpha value is -3.91. The monoisotopic (exact) mass is 602 g/mol. The number of rotatable bonds is 13. The van der Waals surface area contributed by atoms with E-state index in [4.69, 9.17) is 23.7 Å². The van der Waals surface area contributed by atoms with Crippen LogP contribution in [-0.2, 0) is 24.1 Å². The van der Waals surface area contributed by atoms with Gasteiger partial charge in [0.25, 0.3) is 0 Å². The number of amides is 1. The Balaban J connectivity index is 1.39. The van der Waals surface area contributed by atoms with Gasteiger partial charge in [0.05, 0.1) is 41.1 Å². The molecule has 3 aromatic carbocycles. The largest absolute Gasteiger partial charge is 0.497 e. The molecular formula is C36H46N2O6. The van der Waals surface area contributed by atoms with Crippen molar-refractivity contribution in [1.82, 2.24) is 10.2 Å². The zero-order chi connectivity index (χ0) is 31.2. The first-order valence-electron chi connectivity index (χ1n) is 15.6. The molecule has 0 spiro atoms. The Kier molecular flexibility index (Phi) is 10.2. The number of nitrogens with one attached hydrogen (secondary N) is 1. The van der Waals surface area contributed by atoms with Gasteiger partial charge in [-0.1, -0.05) is 19.1 Å². The maximum Gasteiger partial charge on any atom is 0.234 e. The molecule has 236 valence electrons. The van der Waals surface area contributed by atoms with Gasteiger partial charge in [0.2, 0.25) is 5.91 Å². The molecule has 1 amide bonds. The van der Waals surface area contributed by atoms with Crippen LogP contribution >= 0.6 is 0 Å². The van der Waals surface area contributed by atoms with E-state index < -0.39 is 0 Å². The number of benzene rings is 3. The molecule has 1 aliphatic carbocycles. The minimum atomic E-state index is -0.0377. The number of carbonyl (C=O) groups is 1. The van der Waals surface area contributed by atoms with E-state index in [9.17, 15) is 4.79 Å². The van der Waals surface area contributed by atoms with Gasteiger partial charge >= 0.3 is 0 Å². The molecule has 1 aliphatic heterocycles. The highest BCUT2D eigenvalue weighted by atomic mass is 16.5. The van der Waals surface area contributed by atoms with Crippen molar-refractivity contribution in [2.24, 2.45) is 0 Å². The third-order valence-electron chi connectivity index (χ3n) is 9.12. The summed E-state index contributed by atoms with van der Waals surface area (Å²) in [6.45, 7) is 5.86. The fourth-order valence-corrected chi connectivity index (χ4v) is 6.45. The van der Waals surface area contributed by atoms with E-state index >= 15 is 0 Å². The van der Waals surface area contributed by atoms with Crippen LogP contribution in [0.5, 0.6) is 28.7 Å².